The number of nitrogens with zero attached hydrogens (tertiary/aromatic N) is 2. The number of thioether (sulfide) groups is 2. The molecule has 0 saturated carbocycles. The fraction of sp³-hybridized carbons (Fsp3) is 0.333. The Hall–Kier alpha value is -1.20. The summed E-state index contributed by atoms with van der Waals surface area (Å²) >= 11 is 3.32. The second-order valence-corrected chi connectivity index (χ2v) is 6.16. The van der Waals surface area contributed by atoms with Crippen molar-refractivity contribution in [1.82, 2.24) is 9.97 Å². The normalized spacial score (nSPS) is 10.6. The molecule has 2 aromatic rings. The molecular formula is C15H19N3S2. The van der Waals surface area contributed by atoms with Gasteiger partial charge in [0.05, 0.1) is 0 Å². The molecule has 0 fully saturated rings. The van der Waals surface area contributed by atoms with Gasteiger partial charge in [-0.3, -0.25) is 0 Å². The number of nitrogens with one attached hydrogen (secondary N) is 1. The molecular weight excluding hydrogens is 286 g/mol. The first-order chi connectivity index (χ1) is 9.71. The maximum Gasteiger partial charge on any atom is 0.190 e. The first-order valence-corrected chi connectivity index (χ1v) is 8.77. The summed E-state index contributed by atoms with van der Waals surface area (Å²) < 4.78 is 0. The van der Waals surface area contributed by atoms with Gasteiger partial charge < -0.3 is 5.32 Å². The van der Waals surface area contributed by atoms with Crippen molar-refractivity contribution in [2.75, 3.05) is 18.1 Å². The van der Waals surface area contributed by atoms with E-state index in [0.29, 0.717) is 0 Å². The van der Waals surface area contributed by atoms with Crippen LogP contribution in [0.1, 0.15) is 18.1 Å². The van der Waals surface area contributed by atoms with Crippen LogP contribution in [0.2, 0.25) is 0 Å². The molecule has 5 heteroatoms. The molecule has 0 aliphatic carbocycles. The minimum atomic E-state index is 0.815. The molecule has 106 valence electrons. The van der Waals surface area contributed by atoms with Crippen molar-refractivity contribution in [1.29, 1.82) is 0 Å². The molecule has 0 bridgehead atoms. The van der Waals surface area contributed by atoms with Crippen LogP contribution in [0.15, 0.2) is 40.5 Å². The Labute approximate surface area is 129 Å². The SMILES string of the molecule is CCNc1cc(SCc2cccc(C)c2)nc(SC)n1. The molecule has 0 radical (unpaired) electrons. The predicted octanol–water partition coefficient (Wildman–Crippen LogP) is 4.23. The van der Waals surface area contributed by atoms with Crippen molar-refractivity contribution in [3.8, 4) is 0 Å². The minimum Gasteiger partial charge on any atom is -0.370 e. The quantitative estimate of drug-likeness (QED) is 0.491. The molecule has 0 saturated heterocycles. The zero-order valence-corrected chi connectivity index (χ0v) is 13.6. The summed E-state index contributed by atoms with van der Waals surface area (Å²) in [4.78, 5) is 8.98. The van der Waals surface area contributed by atoms with E-state index < -0.39 is 0 Å². The topological polar surface area (TPSA) is 37.8 Å². The van der Waals surface area contributed by atoms with Crippen molar-refractivity contribution in [2.45, 2.75) is 29.8 Å². The van der Waals surface area contributed by atoms with E-state index in [-0.39, 0.29) is 0 Å². The smallest absolute Gasteiger partial charge is 0.190 e. The third kappa shape index (κ3) is 4.42. The minimum absolute atomic E-state index is 0.815. The Kier molecular flexibility index (Phi) is 5.73. The zero-order valence-electron chi connectivity index (χ0n) is 12.0. The largest absolute Gasteiger partial charge is 0.370 e. The van der Waals surface area contributed by atoms with E-state index >= 15 is 0 Å². The average Bonchev–Trinajstić information content (AvgIpc) is 2.45. The van der Waals surface area contributed by atoms with E-state index in [4.69, 9.17) is 0 Å². The summed E-state index contributed by atoms with van der Waals surface area (Å²) in [6.07, 6.45) is 2.00. The lowest BCUT2D eigenvalue weighted by Gasteiger charge is -2.07. The van der Waals surface area contributed by atoms with Gasteiger partial charge in [0, 0.05) is 18.4 Å². The molecule has 1 N–H and O–H groups in total. The van der Waals surface area contributed by atoms with Crippen molar-refractivity contribution in [2.24, 2.45) is 0 Å². The maximum absolute atomic E-state index is 4.55. The van der Waals surface area contributed by atoms with Crippen molar-refractivity contribution < 1.29 is 0 Å². The van der Waals surface area contributed by atoms with Crippen LogP contribution in [0.25, 0.3) is 0 Å². The number of aromatic nitrogens is 2. The van der Waals surface area contributed by atoms with Crippen LogP contribution in [-0.2, 0) is 5.75 Å². The molecule has 1 aromatic carbocycles. The maximum atomic E-state index is 4.55. The van der Waals surface area contributed by atoms with Crippen LogP contribution >= 0.6 is 23.5 Å². The first-order valence-electron chi connectivity index (χ1n) is 6.56. The monoisotopic (exact) mass is 305 g/mol. The van der Waals surface area contributed by atoms with Crippen molar-refractivity contribution in [3.63, 3.8) is 0 Å². The highest BCUT2D eigenvalue weighted by molar-refractivity contribution is 7.99. The van der Waals surface area contributed by atoms with E-state index in [1.807, 2.05) is 12.3 Å². The lowest BCUT2D eigenvalue weighted by molar-refractivity contribution is 0.891. The molecule has 0 aliphatic rings. The van der Waals surface area contributed by atoms with E-state index in [1.165, 1.54) is 11.1 Å². The van der Waals surface area contributed by atoms with Crippen LogP contribution in [0, 0.1) is 6.92 Å². The van der Waals surface area contributed by atoms with Crippen LogP contribution in [-0.4, -0.2) is 22.8 Å². The van der Waals surface area contributed by atoms with Gasteiger partial charge in [-0.1, -0.05) is 41.6 Å². The highest BCUT2D eigenvalue weighted by Crippen LogP contribution is 2.25. The number of benzene rings is 1. The van der Waals surface area contributed by atoms with Crippen LogP contribution in [0.5, 0.6) is 0 Å². The molecule has 0 atom stereocenters. The number of anilines is 1. The molecule has 2 rings (SSSR count). The summed E-state index contributed by atoms with van der Waals surface area (Å²) in [5, 5.41) is 5.08. The number of hydrogen-bond donors (Lipinski definition) is 1. The van der Waals surface area contributed by atoms with Gasteiger partial charge in [-0.2, -0.15) is 0 Å². The standard InChI is InChI=1S/C15H19N3S2/c1-4-16-13-9-14(18-15(17-13)19-3)20-10-12-7-5-6-11(2)8-12/h5-9H,4,10H2,1-3H3,(H,16,17,18). The van der Waals surface area contributed by atoms with Gasteiger partial charge in [0.25, 0.3) is 0 Å². The van der Waals surface area contributed by atoms with Crippen LogP contribution in [0.4, 0.5) is 5.82 Å². The molecule has 20 heavy (non-hydrogen) atoms. The van der Waals surface area contributed by atoms with Gasteiger partial charge in [0.1, 0.15) is 10.8 Å². The van der Waals surface area contributed by atoms with Crippen molar-refractivity contribution >= 4 is 29.3 Å². The number of rotatable bonds is 6. The fourth-order valence-electron chi connectivity index (χ4n) is 1.80. The first kappa shape index (κ1) is 15.2. The summed E-state index contributed by atoms with van der Waals surface area (Å²) in [5.41, 5.74) is 2.62. The highest BCUT2D eigenvalue weighted by Gasteiger charge is 2.05. The van der Waals surface area contributed by atoms with Gasteiger partial charge >= 0.3 is 0 Å². The summed E-state index contributed by atoms with van der Waals surface area (Å²) in [7, 11) is 0. The average molecular weight is 305 g/mol. The van der Waals surface area contributed by atoms with E-state index in [9.17, 15) is 0 Å². The lowest BCUT2D eigenvalue weighted by Crippen LogP contribution is -2.01. The third-order valence-corrected chi connectivity index (χ3v) is 4.22. The second kappa shape index (κ2) is 7.55. The van der Waals surface area contributed by atoms with E-state index in [2.05, 4.69) is 53.4 Å². The molecule has 0 amide bonds. The van der Waals surface area contributed by atoms with Gasteiger partial charge in [-0.15, -0.1) is 11.8 Å². The summed E-state index contributed by atoms with van der Waals surface area (Å²) in [6.45, 7) is 5.06. The second-order valence-electron chi connectivity index (χ2n) is 4.39. The Morgan fingerprint density at radius 1 is 1.20 bits per heavy atom. The van der Waals surface area contributed by atoms with Gasteiger partial charge in [0.2, 0.25) is 0 Å². The predicted molar refractivity (Wildman–Crippen MR) is 88.7 cm³/mol. The number of aryl methyl sites for hydroxylation is 1. The summed E-state index contributed by atoms with van der Waals surface area (Å²) in [6, 6.07) is 10.6. The Morgan fingerprint density at radius 3 is 2.75 bits per heavy atom. The Bertz CT molecular complexity index is 573. The van der Waals surface area contributed by atoms with E-state index in [1.54, 1.807) is 23.5 Å². The third-order valence-electron chi connectivity index (χ3n) is 2.69. The van der Waals surface area contributed by atoms with Gasteiger partial charge in [0.15, 0.2) is 5.16 Å². The molecule has 1 aromatic heterocycles. The fourth-order valence-corrected chi connectivity index (χ4v) is 3.08. The molecule has 1 heterocycles. The van der Waals surface area contributed by atoms with E-state index in [0.717, 1.165) is 28.3 Å². The molecule has 0 aliphatic heterocycles. The highest BCUT2D eigenvalue weighted by atomic mass is 32.2. The van der Waals surface area contributed by atoms with Gasteiger partial charge in [-0.05, 0) is 25.7 Å². The summed E-state index contributed by atoms with van der Waals surface area (Å²) in [5.74, 6) is 1.83. The number of hydrogen-bond acceptors (Lipinski definition) is 5. The van der Waals surface area contributed by atoms with Gasteiger partial charge in [-0.25, -0.2) is 9.97 Å². The lowest BCUT2D eigenvalue weighted by atomic mass is 10.2. The molecule has 0 spiro atoms. The Balaban J connectivity index is 2.10. The Morgan fingerprint density at radius 2 is 2.05 bits per heavy atom. The van der Waals surface area contributed by atoms with Crippen LogP contribution in [0.3, 0.4) is 0 Å². The molecule has 3 nitrogen and oxygen atoms in total. The molecule has 0 unspecified atom stereocenters. The zero-order chi connectivity index (χ0) is 14.4. The van der Waals surface area contributed by atoms with Crippen molar-refractivity contribution in [3.05, 3.63) is 41.5 Å². The van der Waals surface area contributed by atoms with Crippen LogP contribution < -0.4 is 5.32 Å².